The van der Waals surface area contributed by atoms with E-state index in [4.69, 9.17) is 20.4 Å². The second kappa shape index (κ2) is 7.09. The van der Waals surface area contributed by atoms with Gasteiger partial charge in [0, 0.05) is 12.3 Å². The first kappa shape index (κ1) is 14.6. The van der Waals surface area contributed by atoms with Crippen molar-refractivity contribution in [1.29, 1.82) is 0 Å². The van der Waals surface area contributed by atoms with E-state index in [1.54, 1.807) is 12.1 Å². The normalized spacial score (nSPS) is 30.4. The lowest BCUT2D eigenvalue weighted by Gasteiger charge is -2.09. The lowest BCUT2D eigenvalue weighted by molar-refractivity contribution is -0.132. The molecule has 8 heteroatoms. The molecule has 0 saturated carbocycles. The third-order valence-electron chi connectivity index (χ3n) is 2.18. The van der Waals surface area contributed by atoms with Gasteiger partial charge in [-0.3, -0.25) is 4.79 Å². The molecule has 1 aromatic rings. The zero-order valence-corrected chi connectivity index (χ0v) is 9.33. The summed E-state index contributed by atoms with van der Waals surface area (Å²) in [6.07, 6.45) is -3.30. The number of aromatic nitrogens is 2. The Morgan fingerprint density at radius 2 is 1.94 bits per heavy atom. The Morgan fingerprint density at radius 1 is 1.22 bits per heavy atom. The minimum atomic E-state index is -1.38. The Labute approximate surface area is 102 Å². The highest BCUT2D eigenvalue weighted by atomic mass is 16.6. The molecule has 0 bridgehead atoms. The lowest BCUT2D eigenvalue weighted by atomic mass is 10.1. The molecule has 4 atom stereocenters. The zero-order chi connectivity index (χ0) is 13.5. The monoisotopic (exact) mass is 258 g/mol. The highest BCUT2D eigenvalue weighted by Gasteiger charge is 2.41. The topological polar surface area (TPSA) is 133 Å². The van der Waals surface area contributed by atoms with E-state index in [9.17, 15) is 4.79 Å². The Bertz CT molecular complexity index is 396. The minimum Gasteiger partial charge on any atom is -0.394 e. The number of hydrogen-bond donors (Lipinski definition) is 4. The van der Waals surface area contributed by atoms with Gasteiger partial charge in [-0.05, 0) is 6.07 Å². The van der Waals surface area contributed by atoms with Gasteiger partial charge < -0.3 is 25.2 Å². The number of aliphatic hydroxyl groups excluding tert-OH is 4. The van der Waals surface area contributed by atoms with Crippen LogP contribution in [0.2, 0.25) is 0 Å². The van der Waals surface area contributed by atoms with Crippen LogP contribution in [0.4, 0.5) is 0 Å². The fourth-order valence-corrected chi connectivity index (χ4v) is 1.23. The standard InChI is InChI=1S/C5H4N2O.C5H10O5/c8-5-3-1-2-4-6-7-5;6-1-2-3(7)4(8)5(9)10-2/h1-4H;2-9H,1H2/t;2-,3-,4-,5?/m.1/s1. The maximum absolute atomic E-state index is 10.3. The third-order valence-corrected chi connectivity index (χ3v) is 2.18. The lowest BCUT2D eigenvalue weighted by Crippen LogP contribution is -2.33. The van der Waals surface area contributed by atoms with Crippen molar-refractivity contribution < 1.29 is 25.2 Å². The van der Waals surface area contributed by atoms with Crippen molar-refractivity contribution >= 4 is 0 Å². The fraction of sp³-hybridized carbons (Fsp3) is 0.500. The summed E-state index contributed by atoms with van der Waals surface area (Å²) in [4.78, 5) is 10.3. The molecule has 0 amide bonds. The SMILES string of the molecule is O=c1ccccnn1.OC[C@H]1OC(O)[C@H](O)[C@@H]1O. The van der Waals surface area contributed by atoms with E-state index < -0.39 is 31.2 Å². The second-order valence-electron chi connectivity index (χ2n) is 3.48. The van der Waals surface area contributed by atoms with Crippen LogP contribution in [-0.2, 0) is 4.74 Å². The van der Waals surface area contributed by atoms with E-state index in [1.807, 2.05) is 0 Å². The molecule has 0 radical (unpaired) electrons. The molecule has 0 aromatic carbocycles. The average Bonchev–Trinajstić information content (AvgIpc) is 2.56. The Morgan fingerprint density at radius 3 is 2.44 bits per heavy atom. The quantitative estimate of drug-likeness (QED) is 0.426. The van der Waals surface area contributed by atoms with Gasteiger partial charge in [0.25, 0.3) is 5.56 Å². The number of hydrogen-bond acceptors (Lipinski definition) is 8. The van der Waals surface area contributed by atoms with Gasteiger partial charge >= 0.3 is 0 Å². The Hall–Kier alpha value is -1.45. The van der Waals surface area contributed by atoms with Crippen LogP contribution in [0.15, 0.2) is 29.2 Å². The molecule has 1 aliphatic rings. The van der Waals surface area contributed by atoms with Gasteiger partial charge in [0.05, 0.1) is 6.61 Å². The molecular formula is C10H14N2O6. The second-order valence-corrected chi connectivity index (χ2v) is 3.48. The number of nitrogens with zero attached hydrogens (tertiary/aromatic N) is 2. The molecule has 1 saturated heterocycles. The van der Waals surface area contributed by atoms with Crippen LogP contribution in [0, 0.1) is 0 Å². The fourth-order valence-electron chi connectivity index (χ4n) is 1.23. The minimum absolute atomic E-state index is 0.310. The highest BCUT2D eigenvalue weighted by Crippen LogP contribution is 2.18. The van der Waals surface area contributed by atoms with Gasteiger partial charge in [-0.15, -0.1) is 5.10 Å². The predicted octanol–water partition coefficient (Wildman–Crippen LogP) is -2.75. The van der Waals surface area contributed by atoms with Crippen LogP contribution in [0.1, 0.15) is 0 Å². The summed E-state index contributed by atoms with van der Waals surface area (Å²) in [7, 11) is 0. The van der Waals surface area contributed by atoms with Gasteiger partial charge in [0.15, 0.2) is 6.29 Å². The molecule has 100 valence electrons. The summed E-state index contributed by atoms with van der Waals surface area (Å²) < 4.78 is 4.54. The van der Waals surface area contributed by atoms with Crippen molar-refractivity contribution in [3.8, 4) is 0 Å². The number of rotatable bonds is 1. The molecule has 8 nitrogen and oxygen atoms in total. The first-order chi connectivity index (χ1) is 8.56. The summed E-state index contributed by atoms with van der Waals surface area (Å²) >= 11 is 0. The van der Waals surface area contributed by atoms with Crippen LogP contribution in [0.3, 0.4) is 0 Å². The molecule has 4 N–H and O–H groups in total. The summed E-state index contributed by atoms with van der Waals surface area (Å²) in [5, 5.41) is 41.6. The van der Waals surface area contributed by atoms with Crippen LogP contribution in [0.5, 0.6) is 0 Å². The summed E-state index contributed by atoms with van der Waals surface area (Å²) in [5.41, 5.74) is -0.310. The van der Waals surface area contributed by atoms with Gasteiger partial charge in [0.2, 0.25) is 0 Å². The van der Waals surface area contributed by atoms with Crippen LogP contribution >= 0.6 is 0 Å². The van der Waals surface area contributed by atoms with E-state index in [-0.39, 0.29) is 5.56 Å². The largest absolute Gasteiger partial charge is 0.394 e. The van der Waals surface area contributed by atoms with Gasteiger partial charge in [0.1, 0.15) is 18.3 Å². The Kier molecular flexibility index (Phi) is 5.75. The van der Waals surface area contributed by atoms with E-state index in [1.165, 1.54) is 12.3 Å². The maximum Gasteiger partial charge on any atom is 0.288 e. The molecule has 18 heavy (non-hydrogen) atoms. The van der Waals surface area contributed by atoms with E-state index in [2.05, 4.69) is 14.9 Å². The van der Waals surface area contributed by atoms with Crippen molar-refractivity contribution in [3.05, 3.63) is 34.7 Å². The van der Waals surface area contributed by atoms with Crippen molar-refractivity contribution in [2.45, 2.75) is 24.6 Å². The molecule has 0 spiro atoms. The molecule has 2 rings (SSSR count). The zero-order valence-electron chi connectivity index (χ0n) is 9.33. The first-order valence-electron chi connectivity index (χ1n) is 5.15. The molecule has 1 aromatic heterocycles. The number of aliphatic hydroxyl groups is 4. The van der Waals surface area contributed by atoms with E-state index in [0.717, 1.165) is 0 Å². The average molecular weight is 258 g/mol. The first-order valence-corrected chi connectivity index (χ1v) is 5.15. The van der Waals surface area contributed by atoms with E-state index >= 15 is 0 Å². The number of ether oxygens (including phenoxy) is 1. The van der Waals surface area contributed by atoms with Crippen LogP contribution in [0.25, 0.3) is 0 Å². The molecule has 2 heterocycles. The van der Waals surface area contributed by atoms with Crippen LogP contribution in [-0.4, -0.2) is 61.8 Å². The predicted molar refractivity (Wildman–Crippen MR) is 58.3 cm³/mol. The van der Waals surface area contributed by atoms with Crippen molar-refractivity contribution in [2.24, 2.45) is 0 Å². The molecule has 0 aliphatic carbocycles. The third kappa shape index (κ3) is 4.09. The molecule has 1 aliphatic heterocycles. The van der Waals surface area contributed by atoms with Crippen molar-refractivity contribution in [1.82, 2.24) is 10.2 Å². The molecule has 1 fully saturated rings. The summed E-state index contributed by atoms with van der Waals surface area (Å²) in [5.74, 6) is 0. The maximum atomic E-state index is 10.3. The van der Waals surface area contributed by atoms with Gasteiger partial charge in [-0.1, -0.05) is 6.07 Å². The van der Waals surface area contributed by atoms with Crippen LogP contribution < -0.4 is 5.56 Å². The summed E-state index contributed by atoms with van der Waals surface area (Å²) in [6, 6.07) is 4.60. The molecule has 1 unspecified atom stereocenters. The van der Waals surface area contributed by atoms with Crippen molar-refractivity contribution in [2.75, 3.05) is 6.61 Å². The van der Waals surface area contributed by atoms with Gasteiger partial charge in [-0.2, -0.15) is 5.10 Å². The van der Waals surface area contributed by atoms with Gasteiger partial charge in [-0.25, -0.2) is 0 Å². The van der Waals surface area contributed by atoms with E-state index in [0.29, 0.717) is 0 Å². The van der Waals surface area contributed by atoms with Crippen molar-refractivity contribution in [3.63, 3.8) is 0 Å². The highest BCUT2D eigenvalue weighted by molar-refractivity contribution is 4.86. The Balaban J connectivity index is 0.000000184. The summed E-state index contributed by atoms with van der Waals surface area (Å²) in [6.45, 7) is -0.407. The molecular weight excluding hydrogens is 244 g/mol. The smallest absolute Gasteiger partial charge is 0.288 e.